The Balaban J connectivity index is 2.28. The van der Waals surface area contributed by atoms with Gasteiger partial charge in [0.1, 0.15) is 0 Å². The fraction of sp³-hybridized carbons (Fsp3) is 0.133. The molecular formula is C15H14O3. The summed E-state index contributed by atoms with van der Waals surface area (Å²) in [5.74, 6) is -1.96. The monoisotopic (exact) mass is 242 g/mol. The zero-order valence-corrected chi connectivity index (χ0v) is 10.00. The molecule has 0 aliphatic heterocycles. The van der Waals surface area contributed by atoms with Crippen LogP contribution in [0.3, 0.4) is 0 Å². The maximum absolute atomic E-state index is 12.1. The third-order valence-electron chi connectivity index (χ3n) is 2.73. The van der Waals surface area contributed by atoms with Crippen LogP contribution in [0.1, 0.15) is 28.4 Å². The van der Waals surface area contributed by atoms with Gasteiger partial charge in [0, 0.05) is 16.7 Å². The molecule has 3 heteroatoms. The first-order valence-electron chi connectivity index (χ1n) is 5.63. The number of rotatable bonds is 3. The predicted molar refractivity (Wildman–Crippen MR) is 68.1 cm³/mol. The molecule has 0 spiro atoms. The molecule has 0 aromatic heterocycles. The third-order valence-corrected chi connectivity index (χ3v) is 2.73. The number of benzene rings is 2. The number of hydrogen-bond acceptors (Lipinski definition) is 3. The van der Waals surface area contributed by atoms with Crippen LogP contribution in [0.5, 0.6) is 0 Å². The molecule has 0 amide bonds. The van der Waals surface area contributed by atoms with Gasteiger partial charge in [-0.2, -0.15) is 0 Å². The molecule has 3 nitrogen and oxygen atoms in total. The second-order valence-corrected chi connectivity index (χ2v) is 4.29. The second kappa shape index (κ2) is 4.72. The molecule has 2 aromatic carbocycles. The van der Waals surface area contributed by atoms with Gasteiger partial charge in [-0.05, 0) is 6.92 Å². The summed E-state index contributed by atoms with van der Waals surface area (Å²) in [5.41, 5.74) is 1.49. The SMILES string of the molecule is CC(O)(O)c1ccc(C(=O)c2ccccc2)cc1. The van der Waals surface area contributed by atoms with E-state index < -0.39 is 5.79 Å². The largest absolute Gasteiger partial charge is 0.362 e. The van der Waals surface area contributed by atoms with Gasteiger partial charge in [-0.25, -0.2) is 0 Å². The minimum Gasteiger partial charge on any atom is -0.362 e. The van der Waals surface area contributed by atoms with E-state index in [1.165, 1.54) is 19.1 Å². The lowest BCUT2D eigenvalue weighted by Crippen LogP contribution is -2.19. The number of carbonyl (C=O) groups excluding carboxylic acids is 1. The van der Waals surface area contributed by atoms with E-state index in [2.05, 4.69) is 0 Å². The molecule has 0 radical (unpaired) electrons. The van der Waals surface area contributed by atoms with Crippen molar-refractivity contribution in [2.24, 2.45) is 0 Å². The Morgan fingerprint density at radius 1 is 0.889 bits per heavy atom. The highest BCUT2D eigenvalue weighted by molar-refractivity contribution is 6.08. The summed E-state index contributed by atoms with van der Waals surface area (Å²) in [4.78, 5) is 12.1. The van der Waals surface area contributed by atoms with Crippen molar-refractivity contribution in [1.82, 2.24) is 0 Å². The lowest BCUT2D eigenvalue weighted by Gasteiger charge is -2.16. The van der Waals surface area contributed by atoms with E-state index in [4.69, 9.17) is 0 Å². The van der Waals surface area contributed by atoms with Crippen LogP contribution in [0, 0.1) is 0 Å². The van der Waals surface area contributed by atoms with E-state index >= 15 is 0 Å². The van der Waals surface area contributed by atoms with Crippen LogP contribution in [0.25, 0.3) is 0 Å². The van der Waals surface area contributed by atoms with Gasteiger partial charge < -0.3 is 10.2 Å². The van der Waals surface area contributed by atoms with Gasteiger partial charge in [-0.1, -0.05) is 54.6 Å². The van der Waals surface area contributed by atoms with Gasteiger partial charge in [-0.15, -0.1) is 0 Å². The summed E-state index contributed by atoms with van der Waals surface area (Å²) >= 11 is 0. The minimum absolute atomic E-state index is 0.0836. The lowest BCUT2D eigenvalue weighted by molar-refractivity contribution is -0.152. The molecule has 0 atom stereocenters. The molecule has 0 unspecified atom stereocenters. The van der Waals surface area contributed by atoms with Crippen LogP contribution in [0.2, 0.25) is 0 Å². The van der Waals surface area contributed by atoms with Crippen LogP contribution in [-0.4, -0.2) is 16.0 Å². The molecule has 0 aliphatic rings. The van der Waals surface area contributed by atoms with Gasteiger partial charge in [0.25, 0.3) is 0 Å². The van der Waals surface area contributed by atoms with E-state index in [1.54, 1.807) is 36.4 Å². The maximum atomic E-state index is 12.1. The quantitative estimate of drug-likeness (QED) is 0.640. The predicted octanol–water partition coefficient (Wildman–Crippen LogP) is 2.07. The average molecular weight is 242 g/mol. The van der Waals surface area contributed by atoms with Gasteiger partial charge in [0.15, 0.2) is 11.6 Å². The van der Waals surface area contributed by atoms with Crippen LogP contribution < -0.4 is 0 Å². The summed E-state index contributed by atoms with van der Waals surface area (Å²) in [6.07, 6.45) is 0. The van der Waals surface area contributed by atoms with Crippen molar-refractivity contribution in [3.05, 3.63) is 71.3 Å². The van der Waals surface area contributed by atoms with E-state index in [0.29, 0.717) is 16.7 Å². The zero-order valence-electron chi connectivity index (χ0n) is 10.00. The maximum Gasteiger partial charge on any atom is 0.193 e. The topological polar surface area (TPSA) is 57.5 Å². The van der Waals surface area contributed by atoms with E-state index in [1.807, 2.05) is 6.07 Å². The molecule has 2 N–H and O–H groups in total. The van der Waals surface area contributed by atoms with E-state index in [9.17, 15) is 15.0 Å². The first-order valence-corrected chi connectivity index (χ1v) is 5.63. The van der Waals surface area contributed by atoms with Crippen LogP contribution >= 0.6 is 0 Å². The fourth-order valence-corrected chi connectivity index (χ4v) is 1.69. The van der Waals surface area contributed by atoms with Gasteiger partial charge in [0.05, 0.1) is 0 Å². The van der Waals surface area contributed by atoms with Crippen molar-refractivity contribution in [2.45, 2.75) is 12.7 Å². The highest BCUT2D eigenvalue weighted by Gasteiger charge is 2.18. The number of aliphatic hydroxyl groups is 2. The molecule has 2 aromatic rings. The number of carbonyl (C=O) groups is 1. The van der Waals surface area contributed by atoms with E-state index in [-0.39, 0.29) is 5.78 Å². The molecule has 0 saturated carbocycles. The number of ketones is 1. The smallest absolute Gasteiger partial charge is 0.193 e. The summed E-state index contributed by atoms with van der Waals surface area (Å²) in [6.45, 7) is 1.28. The molecule has 0 heterocycles. The standard InChI is InChI=1S/C15H14O3/c1-15(17,18)13-9-7-12(8-10-13)14(16)11-5-3-2-4-6-11/h2-10,17-18H,1H3. The lowest BCUT2D eigenvalue weighted by atomic mass is 10.00. The van der Waals surface area contributed by atoms with E-state index in [0.717, 1.165) is 0 Å². The molecule has 92 valence electrons. The van der Waals surface area contributed by atoms with Crippen LogP contribution in [-0.2, 0) is 5.79 Å². The summed E-state index contributed by atoms with van der Waals surface area (Å²) in [7, 11) is 0. The molecule has 0 aliphatic carbocycles. The molecule has 0 fully saturated rings. The number of hydrogen-bond donors (Lipinski definition) is 2. The van der Waals surface area contributed by atoms with Crippen LogP contribution in [0.15, 0.2) is 54.6 Å². The summed E-state index contributed by atoms with van der Waals surface area (Å²) < 4.78 is 0. The normalized spacial score (nSPS) is 11.3. The Labute approximate surface area is 105 Å². The molecule has 2 rings (SSSR count). The highest BCUT2D eigenvalue weighted by atomic mass is 16.5. The van der Waals surface area contributed by atoms with Crippen molar-refractivity contribution in [3.63, 3.8) is 0 Å². The Bertz CT molecular complexity index is 536. The molecular weight excluding hydrogens is 228 g/mol. The van der Waals surface area contributed by atoms with Gasteiger partial charge in [0.2, 0.25) is 0 Å². The fourth-order valence-electron chi connectivity index (χ4n) is 1.69. The van der Waals surface area contributed by atoms with Gasteiger partial charge >= 0.3 is 0 Å². The Kier molecular flexibility index (Phi) is 3.28. The zero-order chi connectivity index (χ0) is 13.2. The van der Waals surface area contributed by atoms with Gasteiger partial charge in [-0.3, -0.25) is 4.79 Å². The second-order valence-electron chi connectivity index (χ2n) is 4.29. The Morgan fingerprint density at radius 2 is 1.39 bits per heavy atom. The molecule has 0 saturated heterocycles. The van der Waals surface area contributed by atoms with Crippen molar-refractivity contribution in [3.8, 4) is 0 Å². The minimum atomic E-state index is -1.88. The van der Waals surface area contributed by atoms with Crippen molar-refractivity contribution >= 4 is 5.78 Å². The summed E-state index contributed by atoms with van der Waals surface area (Å²) in [6, 6.07) is 15.2. The van der Waals surface area contributed by atoms with Crippen molar-refractivity contribution in [1.29, 1.82) is 0 Å². The first-order chi connectivity index (χ1) is 8.48. The molecule has 0 bridgehead atoms. The third kappa shape index (κ3) is 2.64. The Morgan fingerprint density at radius 3 is 1.89 bits per heavy atom. The van der Waals surface area contributed by atoms with Crippen molar-refractivity contribution < 1.29 is 15.0 Å². The average Bonchev–Trinajstić information content (AvgIpc) is 2.38. The molecule has 18 heavy (non-hydrogen) atoms. The van der Waals surface area contributed by atoms with Crippen molar-refractivity contribution in [2.75, 3.05) is 0 Å². The Hall–Kier alpha value is -1.97. The highest BCUT2D eigenvalue weighted by Crippen LogP contribution is 2.18. The first kappa shape index (κ1) is 12.5. The summed E-state index contributed by atoms with van der Waals surface area (Å²) in [5, 5.41) is 18.8. The van der Waals surface area contributed by atoms with Crippen LogP contribution in [0.4, 0.5) is 0 Å².